The number of benzene rings is 1. The van der Waals surface area contributed by atoms with E-state index in [-0.39, 0.29) is 0 Å². The molecule has 0 amide bonds. The van der Waals surface area contributed by atoms with Crippen LogP contribution in [-0.4, -0.2) is 11.7 Å². The fourth-order valence-electron chi connectivity index (χ4n) is 6.85. The van der Waals surface area contributed by atoms with Crippen LogP contribution in [0.5, 0.6) is 0 Å². The molecule has 4 fully saturated rings. The molecule has 0 aliphatic heterocycles. The first kappa shape index (κ1) is 15.4. The zero-order chi connectivity index (χ0) is 16.1. The van der Waals surface area contributed by atoms with E-state index in [9.17, 15) is 0 Å². The highest BCUT2D eigenvalue weighted by molar-refractivity contribution is 7.80. The van der Waals surface area contributed by atoms with Crippen molar-refractivity contribution in [1.29, 1.82) is 0 Å². The van der Waals surface area contributed by atoms with E-state index in [2.05, 4.69) is 36.6 Å². The molecule has 4 atom stereocenters. The van der Waals surface area contributed by atoms with Crippen molar-refractivity contribution < 1.29 is 0 Å². The van der Waals surface area contributed by atoms with Crippen LogP contribution in [0.2, 0.25) is 0 Å². The standard InChI is InChI=1S/C20H28N2S/c1-18-8-15-9-19(2,11-18)13-20(10-15,12-18)14-21-17(23)22-16-6-4-3-5-7-16/h3-7,15H,8-14H2,1-2H3,(H2,21,22,23)/t15?,18-,19+,20?. The summed E-state index contributed by atoms with van der Waals surface area (Å²) in [6.07, 6.45) is 8.51. The van der Waals surface area contributed by atoms with Gasteiger partial charge < -0.3 is 10.6 Å². The first-order chi connectivity index (χ1) is 10.9. The van der Waals surface area contributed by atoms with E-state index in [1.165, 1.54) is 38.5 Å². The van der Waals surface area contributed by atoms with Crippen molar-refractivity contribution >= 4 is 23.0 Å². The van der Waals surface area contributed by atoms with Crippen LogP contribution in [0.3, 0.4) is 0 Å². The van der Waals surface area contributed by atoms with E-state index in [0.717, 1.165) is 23.3 Å². The Balaban J connectivity index is 1.42. The molecule has 124 valence electrons. The molecule has 0 aromatic heterocycles. The molecule has 0 spiro atoms. The van der Waals surface area contributed by atoms with Gasteiger partial charge in [0, 0.05) is 12.2 Å². The molecule has 1 aromatic carbocycles. The van der Waals surface area contributed by atoms with Gasteiger partial charge in [-0.05, 0) is 85.0 Å². The van der Waals surface area contributed by atoms with Gasteiger partial charge in [-0.1, -0.05) is 32.0 Å². The Hall–Kier alpha value is -1.09. The van der Waals surface area contributed by atoms with Crippen LogP contribution in [0.1, 0.15) is 52.4 Å². The van der Waals surface area contributed by atoms with Gasteiger partial charge in [-0.3, -0.25) is 0 Å². The zero-order valence-electron chi connectivity index (χ0n) is 14.3. The van der Waals surface area contributed by atoms with Gasteiger partial charge in [-0.25, -0.2) is 0 Å². The summed E-state index contributed by atoms with van der Waals surface area (Å²) in [6, 6.07) is 10.2. The highest BCUT2D eigenvalue weighted by atomic mass is 32.1. The van der Waals surface area contributed by atoms with Gasteiger partial charge in [-0.15, -0.1) is 0 Å². The fraction of sp³-hybridized carbons (Fsp3) is 0.650. The lowest BCUT2D eigenvalue weighted by molar-refractivity contribution is -0.141. The van der Waals surface area contributed by atoms with Crippen LogP contribution < -0.4 is 10.6 Å². The van der Waals surface area contributed by atoms with Crippen molar-refractivity contribution in [2.75, 3.05) is 11.9 Å². The van der Waals surface area contributed by atoms with E-state index < -0.39 is 0 Å². The van der Waals surface area contributed by atoms with E-state index in [1.807, 2.05) is 18.2 Å². The predicted molar refractivity (Wildman–Crippen MR) is 101 cm³/mol. The lowest BCUT2D eigenvalue weighted by Gasteiger charge is -2.65. The lowest BCUT2D eigenvalue weighted by atomic mass is 9.40. The summed E-state index contributed by atoms with van der Waals surface area (Å²) in [6.45, 7) is 6.10. The first-order valence-electron chi connectivity index (χ1n) is 8.98. The van der Waals surface area contributed by atoms with Crippen molar-refractivity contribution in [1.82, 2.24) is 5.32 Å². The molecule has 0 saturated heterocycles. The average Bonchev–Trinajstić information content (AvgIpc) is 2.42. The number of thiocarbonyl (C=S) groups is 1. The van der Waals surface area contributed by atoms with Gasteiger partial charge in [-0.2, -0.15) is 0 Å². The number of rotatable bonds is 3. The molecule has 3 heteroatoms. The Morgan fingerprint density at radius 1 is 1.04 bits per heavy atom. The van der Waals surface area contributed by atoms with Crippen LogP contribution in [-0.2, 0) is 0 Å². The van der Waals surface area contributed by atoms with Crippen molar-refractivity contribution in [2.24, 2.45) is 22.2 Å². The van der Waals surface area contributed by atoms with E-state index in [4.69, 9.17) is 12.2 Å². The third kappa shape index (κ3) is 3.00. The number of anilines is 1. The molecule has 4 bridgehead atoms. The Kier molecular flexibility index (Phi) is 3.49. The highest BCUT2D eigenvalue weighted by Gasteiger charge is 2.59. The van der Waals surface area contributed by atoms with Gasteiger partial charge in [0.25, 0.3) is 0 Å². The summed E-state index contributed by atoms with van der Waals surface area (Å²) >= 11 is 5.52. The second kappa shape index (κ2) is 5.20. The van der Waals surface area contributed by atoms with Gasteiger partial charge in [0.15, 0.2) is 5.11 Å². The molecular weight excluding hydrogens is 300 g/mol. The van der Waals surface area contributed by atoms with Crippen LogP contribution in [0.4, 0.5) is 5.69 Å². The molecule has 0 heterocycles. The molecule has 4 aliphatic carbocycles. The monoisotopic (exact) mass is 328 g/mol. The van der Waals surface area contributed by atoms with Crippen LogP contribution in [0, 0.1) is 22.2 Å². The van der Waals surface area contributed by atoms with Crippen LogP contribution in [0.25, 0.3) is 0 Å². The first-order valence-corrected chi connectivity index (χ1v) is 9.39. The summed E-state index contributed by atoms with van der Waals surface area (Å²) in [5.74, 6) is 0.943. The average molecular weight is 329 g/mol. The van der Waals surface area contributed by atoms with E-state index in [1.54, 1.807) is 0 Å². The molecule has 4 saturated carbocycles. The summed E-state index contributed by atoms with van der Waals surface area (Å²) in [4.78, 5) is 0. The number of hydrogen-bond acceptors (Lipinski definition) is 1. The SMILES string of the molecule is C[C@]12CC3CC(CNC(=S)Nc4ccccc4)(C1)C[C@@](C)(C3)C2. The topological polar surface area (TPSA) is 24.1 Å². The quantitative estimate of drug-likeness (QED) is 0.766. The Bertz CT molecular complexity index is 593. The van der Waals surface area contributed by atoms with Gasteiger partial charge in [0.05, 0.1) is 0 Å². The third-order valence-electron chi connectivity index (χ3n) is 6.40. The third-order valence-corrected chi connectivity index (χ3v) is 6.64. The van der Waals surface area contributed by atoms with Gasteiger partial charge in [0.2, 0.25) is 0 Å². The molecule has 5 rings (SSSR count). The molecule has 2 unspecified atom stereocenters. The molecule has 4 aliphatic rings. The van der Waals surface area contributed by atoms with Crippen LogP contribution in [0.15, 0.2) is 30.3 Å². The zero-order valence-corrected chi connectivity index (χ0v) is 15.1. The van der Waals surface area contributed by atoms with Crippen LogP contribution >= 0.6 is 12.2 Å². The second-order valence-electron chi connectivity index (χ2n) is 9.30. The normalized spacial score (nSPS) is 40.9. The summed E-state index contributed by atoms with van der Waals surface area (Å²) < 4.78 is 0. The Labute approximate surface area is 145 Å². The maximum atomic E-state index is 5.52. The molecule has 2 nitrogen and oxygen atoms in total. The van der Waals surface area contributed by atoms with Crippen molar-refractivity contribution in [3.63, 3.8) is 0 Å². The molecule has 23 heavy (non-hydrogen) atoms. The molecule has 1 aromatic rings. The summed E-state index contributed by atoms with van der Waals surface area (Å²) in [7, 11) is 0. The van der Waals surface area contributed by atoms with E-state index >= 15 is 0 Å². The minimum absolute atomic E-state index is 0.464. The predicted octanol–water partition coefficient (Wildman–Crippen LogP) is 4.97. The smallest absolute Gasteiger partial charge is 0.170 e. The second-order valence-corrected chi connectivity index (χ2v) is 9.71. The number of hydrogen-bond donors (Lipinski definition) is 2. The van der Waals surface area contributed by atoms with Gasteiger partial charge in [0.1, 0.15) is 0 Å². The maximum Gasteiger partial charge on any atom is 0.170 e. The van der Waals surface area contributed by atoms with E-state index in [0.29, 0.717) is 16.2 Å². The highest BCUT2D eigenvalue weighted by Crippen LogP contribution is 2.69. The van der Waals surface area contributed by atoms with Crippen molar-refractivity contribution in [3.8, 4) is 0 Å². The Morgan fingerprint density at radius 3 is 2.30 bits per heavy atom. The fourth-order valence-corrected chi connectivity index (χ4v) is 7.04. The lowest BCUT2D eigenvalue weighted by Crippen LogP contribution is -2.58. The summed E-state index contributed by atoms with van der Waals surface area (Å²) in [5.41, 5.74) is 2.68. The maximum absolute atomic E-state index is 5.52. The van der Waals surface area contributed by atoms with Crippen molar-refractivity contribution in [2.45, 2.75) is 52.4 Å². The summed E-state index contributed by atoms with van der Waals surface area (Å²) in [5, 5.41) is 7.62. The molecule has 2 N–H and O–H groups in total. The molecular formula is C20H28N2S. The minimum atomic E-state index is 0.464. The Morgan fingerprint density at radius 2 is 1.70 bits per heavy atom. The number of para-hydroxylation sites is 1. The molecule has 0 radical (unpaired) electrons. The van der Waals surface area contributed by atoms with Crippen molar-refractivity contribution in [3.05, 3.63) is 30.3 Å². The van der Waals surface area contributed by atoms with Gasteiger partial charge >= 0.3 is 0 Å². The largest absolute Gasteiger partial charge is 0.362 e. The minimum Gasteiger partial charge on any atom is -0.362 e. The number of nitrogens with one attached hydrogen (secondary N) is 2.